The van der Waals surface area contributed by atoms with Gasteiger partial charge in [0, 0.05) is 85.8 Å². The molecule has 0 aliphatic carbocycles. The van der Waals surface area contributed by atoms with Crippen LogP contribution in [0, 0.1) is 29.6 Å². The van der Waals surface area contributed by atoms with Crippen LogP contribution in [0.15, 0.2) is 29.1 Å². The number of rotatable bonds is 35. The van der Waals surface area contributed by atoms with E-state index in [9.17, 15) is 68.1 Å². The number of H-pyrrole nitrogens is 1. The molecule has 0 spiro atoms. The molecule has 2 bridgehead atoms. The maximum Gasteiger partial charge on any atom is 0.306 e. The zero-order valence-electron chi connectivity index (χ0n) is 58.8. The predicted octanol–water partition coefficient (Wildman–Crippen LogP) is -3.46. The molecule has 4 aliphatic rings. The number of aromatic nitrogens is 1. The number of amides is 9. The molecule has 1 aromatic carbocycles. The van der Waals surface area contributed by atoms with Crippen molar-refractivity contribution in [1.29, 1.82) is 0 Å². The second-order valence-electron chi connectivity index (χ2n) is 25.8. The van der Waals surface area contributed by atoms with Gasteiger partial charge in [-0.1, -0.05) is 34.1 Å². The second-order valence-corrected chi connectivity index (χ2v) is 28.4. The van der Waals surface area contributed by atoms with E-state index in [4.69, 9.17) is 34.5 Å². The van der Waals surface area contributed by atoms with Crippen LogP contribution in [-0.2, 0) is 99.5 Å². The van der Waals surface area contributed by atoms with Gasteiger partial charge in [-0.25, -0.2) is 0 Å². The van der Waals surface area contributed by atoms with Crippen molar-refractivity contribution in [3.05, 3.63) is 35.2 Å². The molecule has 2 aromatic rings. The van der Waals surface area contributed by atoms with Gasteiger partial charge in [0.25, 0.3) is 0 Å². The monoisotopic (exact) mass is 1490 g/mol. The SMILES string of the molecule is CC[C@H](C)[C@@H]1CC(=O)CNC(=O)[C@H]2CC(=O)[C@H]([C@@H](C)[C@@H](O)CO)NC(=O)[C@@H]3C[C@@H](O)CN3C(=O)[C@H](CC(N)=O)NC(=O)[C@H](CS(=O)c3[nH]c4c(CSCCCCNC(=O)CCOCCOCCOCCOCCN5C=C(CNC(=O)CC(C)C(=O)O)NN5)c(OC)ccc4c3C2)NC(=O)CNC1=O. The first-order chi connectivity index (χ1) is 49.2. The summed E-state index contributed by atoms with van der Waals surface area (Å²) in [5, 5.41) is 61.3. The normalized spacial score (nSPS) is 23.2. The number of aromatic amines is 1. The summed E-state index contributed by atoms with van der Waals surface area (Å²) in [6.07, 6.45) is -2.37. The van der Waals surface area contributed by atoms with Gasteiger partial charge in [-0.15, -0.1) is 5.53 Å². The smallest absolute Gasteiger partial charge is 0.306 e. The second kappa shape index (κ2) is 42.8. The van der Waals surface area contributed by atoms with Crippen molar-refractivity contribution in [2.75, 3.05) is 117 Å². The number of aliphatic carboxylic acids is 1. The molecule has 16 N–H and O–H groups in total. The minimum absolute atomic E-state index is 0.0922. The Kier molecular flexibility index (Phi) is 34.9. The molecule has 9 amide bonds. The van der Waals surface area contributed by atoms with E-state index in [-0.39, 0.29) is 60.8 Å². The fraction of sp³-hybridized carbons (Fsp3) is 0.667. The maximum atomic E-state index is 15.4. The summed E-state index contributed by atoms with van der Waals surface area (Å²) in [6.45, 7) is 7.15. The molecule has 1 aromatic heterocycles. The summed E-state index contributed by atoms with van der Waals surface area (Å²) in [4.78, 5) is 168. The van der Waals surface area contributed by atoms with Gasteiger partial charge < -0.3 is 102 Å². The number of nitrogens with zero attached hydrogens (tertiary/aromatic N) is 2. The van der Waals surface area contributed by atoms with Crippen molar-refractivity contribution < 1.29 is 106 Å². The molecule has 0 radical (unpaired) electrons. The molecule has 103 heavy (non-hydrogen) atoms. The number of carboxylic acid groups (broad SMARTS) is 1. The van der Waals surface area contributed by atoms with E-state index in [1.54, 1.807) is 37.2 Å². The van der Waals surface area contributed by atoms with Crippen molar-refractivity contribution in [2.24, 2.45) is 35.3 Å². The molecule has 37 heteroatoms. The number of hydrogen-bond donors (Lipinski definition) is 15. The zero-order valence-corrected chi connectivity index (χ0v) is 60.4. The van der Waals surface area contributed by atoms with Crippen LogP contribution in [0.3, 0.4) is 0 Å². The summed E-state index contributed by atoms with van der Waals surface area (Å²) >= 11 is 1.50. The van der Waals surface area contributed by atoms with E-state index >= 15 is 9.00 Å². The third-order valence-corrected chi connectivity index (χ3v) is 20.6. The van der Waals surface area contributed by atoms with Crippen molar-refractivity contribution in [3.8, 4) is 5.75 Å². The molecular formula is C66H101N13O22S2. The number of benzene rings is 1. The van der Waals surface area contributed by atoms with Gasteiger partial charge >= 0.3 is 5.97 Å². The molecule has 1 saturated heterocycles. The summed E-state index contributed by atoms with van der Waals surface area (Å²) in [5.74, 6) is -14.5. The van der Waals surface area contributed by atoms with Crippen molar-refractivity contribution >= 4 is 104 Å². The van der Waals surface area contributed by atoms with Crippen LogP contribution in [0.5, 0.6) is 5.75 Å². The number of hydrogen-bond acceptors (Lipinski definition) is 25. The Labute approximate surface area is 603 Å². The number of aliphatic hydroxyl groups excluding tert-OH is 3. The Morgan fingerprint density at radius 3 is 2.18 bits per heavy atom. The third kappa shape index (κ3) is 26.3. The van der Waals surface area contributed by atoms with Crippen LogP contribution in [0.4, 0.5) is 0 Å². The highest BCUT2D eigenvalue weighted by atomic mass is 32.2. The summed E-state index contributed by atoms with van der Waals surface area (Å²) in [5.41, 5.74) is 13.3. The number of carbonyl (C=O) groups is 12. The quantitative estimate of drug-likeness (QED) is 0.0298. The lowest BCUT2D eigenvalue weighted by Crippen LogP contribution is -2.60. The van der Waals surface area contributed by atoms with Crippen LogP contribution < -0.4 is 58.6 Å². The average Bonchev–Trinajstić information content (AvgIpc) is 1.61. The highest BCUT2D eigenvalue weighted by Gasteiger charge is 2.45. The molecule has 6 rings (SSSR count). The lowest BCUT2D eigenvalue weighted by Gasteiger charge is -2.32. The molecule has 2 unspecified atom stereocenters. The van der Waals surface area contributed by atoms with Crippen LogP contribution in [-0.4, -0.2) is 264 Å². The van der Waals surface area contributed by atoms with E-state index in [1.165, 1.54) is 32.7 Å². The first-order valence-electron chi connectivity index (χ1n) is 34.5. The van der Waals surface area contributed by atoms with Gasteiger partial charge in [0.15, 0.2) is 11.6 Å². The fourth-order valence-corrected chi connectivity index (χ4v) is 14.3. The number of nitrogens with two attached hydrogens (primary N) is 1. The lowest BCUT2D eigenvalue weighted by atomic mass is 9.85. The number of Topliss-reactive ketones (excluding diaryl/α,β-unsaturated/α-hetero) is 2. The summed E-state index contributed by atoms with van der Waals surface area (Å²) in [7, 11) is -0.974. The van der Waals surface area contributed by atoms with E-state index in [0.717, 1.165) is 4.90 Å². The maximum absolute atomic E-state index is 15.4. The summed E-state index contributed by atoms with van der Waals surface area (Å²) in [6, 6.07) is -3.69. The molecule has 12 atom stereocenters. The zero-order chi connectivity index (χ0) is 75.3. The third-order valence-electron chi connectivity index (χ3n) is 18.1. The number of ether oxygens (including phenoxy) is 5. The molecule has 35 nitrogen and oxygen atoms in total. The Balaban J connectivity index is 1.10. The Bertz CT molecular complexity index is 3340. The van der Waals surface area contributed by atoms with Crippen LogP contribution in [0.1, 0.15) is 96.6 Å². The Morgan fingerprint density at radius 1 is 0.825 bits per heavy atom. The molecule has 574 valence electrons. The number of nitrogens with one attached hydrogen (secondary N) is 10. The number of ketones is 2. The minimum Gasteiger partial charge on any atom is -0.496 e. The van der Waals surface area contributed by atoms with Gasteiger partial charge in [-0.3, -0.25) is 66.8 Å². The first kappa shape index (κ1) is 84.1. The average molecular weight is 1490 g/mol. The van der Waals surface area contributed by atoms with Crippen LogP contribution >= 0.6 is 11.8 Å². The van der Waals surface area contributed by atoms with Crippen LogP contribution in [0.2, 0.25) is 0 Å². The highest BCUT2D eigenvalue weighted by molar-refractivity contribution is 7.98. The van der Waals surface area contributed by atoms with Crippen molar-refractivity contribution in [3.63, 3.8) is 0 Å². The first-order valence-corrected chi connectivity index (χ1v) is 37.0. The van der Waals surface area contributed by atoms with Gasteiger partial charge in [0.1, 0.15) is 28.9 Å². The Morgan fingerprint density at radius 2 is 1.51 bits per heavy atom. The van der Waals surface area contributed by atoms with E-state index in [2.05, 4.69) is 53.2 Å². The molecular weight excluding hydrogens is 1390 g/mol. The topological polar surface area (TPSA) is 506 Å². The minimum atomic E-state index is -2.42. The number of hydrazine groups is 2. The number of unbranched alkanes of at least 4 members (excludes halogenated alkanes) is 1. The molecule has 5 heterocycles. The van der Waals surface area contributed by atoms with Gasteiger partial charge in [-0.05, 0) is 48.6 Å². The largest absolute Gasteiger partial charge is 0.496 e. The number of aliphatic hydroxyl groups is 3. The molecule has 4 aliphatic heterocycles. The predicted molar refractivity (Wildman–Crippen MR) is 371 cm³/mol. The highest BCUT2D eigenvalue weighted by Crippen LogP contribution is 2.37. The van der Waals surface area contributed by atoms with E-state index in [0.29, 0.717) is 106 Å². The van der Waals surface area contributed by atoms with E-state index < -0.39 is 200 Å². The standard InChI is InChI=1S/C66H101N13O22S2/c1-6-37(2)45-26-42(81)30-70-60(89)40-24-46-44-9-10-53(97-5)47(35-102-22-8-7-12-68-55(86)11-14-98-16-18-100-20-21-101-19-17-99-15-13-78-32-41(76-77-78)29-69-56(87)23-38(3)66(94)95)59(44)75-64(46)103(96)36-49(72-57(88)31-71-61(45)90)62(91)73-48(28-54(67)85)65(93)79-33-43(82)27-50(79)63(92)74-58(51(83)25-40)39(4)52(84)34-80/h9-10,32,37-40,43,45,48-50,52,58,75-77,80,82,84H,6-8,11-31,33-36H2,1-5H3,(H2,67,85)(H,68,86)(H,69,87)(H,70,89)(H,71,90)(H,72,88)(H,73,91)(H,74,92)(H,94,95)/t37-,38?,39-,40+,43+,45-,48-,49-,50-,52-,58-,103?/m0/s1. The number of methoxy groups -OCH3 is 1. The molecule has 0 saturated carbocycles. The van der Waals surface area contributed by atoms with Gasteiger partial charge in [0.05, 0.1) is 151 Å². The Hall–Kier alpha value is -7.88. The molecule has 1 fully saturated rings. The number of fused-ring (bicyclic) bond motifs is 5. The fourth-order valence-electron chi connectivity index (χ4n) is 11.9. The number of carbonyl (C=O) groups excluding carboxylic acids is 11. The van der Waals surface area contributed by atoms with Gasteiger partial charge in [-0.2, -0.15) is 11.8 Å². The van der Waals surface area contributed by atoms with E-state index in [1.807, 2.05) is 0 Å². The van der Waals surface area contributed by atoms with Crippen LogP contribution in [0.25, 0.3) is 10.9 Å². The van der Waals surface area contributed by atoms with Crippen molar-refractivity contribution in [1.82, 2.24) is 63.1 Å². The van der Waals surface area contributed by atoms with Gasteiger partial charge in [0.2, 0.25) is 53.2 Å². The lowest BCUT2D eigenvalue weighted by molar-refractivity contribution is -0.144. The number of thioether (sulfide) groups is 1. The van der Waals surface area contributed by atoms with Crippen molar-refractivity contribution in [2.45, 2.75) is 139 Å². The number of carboxylic acids is 1. The summed E-state index contributed by atoms with van der Waals surface area (Å²) < 4.78 is 43.5. The number of primary amides is 1.